The number of ether oxygens (including phenoxy) is 1. The second-order valence-electron chi connectivity index (χ2n) is 2.44. The number of imidazole rings is 1. The van der Waals surface area contributed by atoms with Crippen molar-refractivity contribution in [2.24, 2.45) is 7.05 Å². The summed E-state index contributed by atoms with van der Waals surface area (Å²) in [6.45, 7) is 0. The Bertz CT molecular complexity index is 423. The molecule has 0 aliphatic heterocycles. The fraction of sp³-hybridized carbons (Fsp3) is 0.222. The highest BCUT2D eigenvalue weighted by molar-refractivity contribution is 5.85. The normalized spacial score (nSPS) is 8.71. The average molecular weight is 192 g/mol. The number of carbonyl (C=O) groups is 2. The van der Waals surface area contributed by atoms with Gasteiger partial charge in [0.25, 0.3) is 0 Å². The molecule has 72 valence electrons. The van der Waals surface area contributed by atoms with Crippen molar-refractivity contribution in [3.63, 3.8) is 0 Å². The van der Waals surface area contributed by atoms with Crippen molar-refractivity contribution in [1.29, 1.82) is 0 Å². The molecule has 0 unspecified atom stereocenters. The zero-order chi connectivity index (χ0) is 10.6. The van der Waals surface area contributed by atoms with Gasteiger partial charge in [0.2, 0.25) is 5.82 Å². The molecular formula is C9H8N2O3. The van der Waals surface area contributed by atoms with Crippen LogP contribution in [0.15, 0.2) is 6.20 Å². The molecule has 0 fully saturated rings. The molecule has 1 aromatic heterocycles. The van der Waals surface area contributed by atoms with Gasteiger partial charge in [-0.2, -0.15) is 0 Å². The number of aryl methyl sites for hydroxylation is 1. The Labute approximate surface area is 80.7 Å². The van der Waals surface area contributed by atoms with Gasteiger partial charge < -0.3 is 9.30 Å². The standard InChI is InChI=1S/C9H8N2O3/c1-11-6-7(4-3-5-12)10-8(11)9(13)14-2/h5-6H,1-2H3. The van der Waals surface area contributed by atoms with Gasteiger partial charge in [-0.05, 0) is 11.8 Å². The summed E-state index contributed by atoms with van der Waals surface area (Å²) in [7, 11) is 2.92. The molecule has 0 spiro atoms. The van der Waals surface area contributed by atoms with E-state index >= 15 is 0 Å². The van der Waals surface area contributed by atoms with E-state index in [0.29, 0.717) is 12.0 Å². The number of rotatable bonds is 1. The van der Waals surface area contributed by atoms with E-state index in [1.54, 1.807) is 13.2 Å². The van der Waals surface area contributed by atoms with Gasteiger partial charge in [0.15, 0.2) is 6.29 Å². The number of nitrogens with zero attached hydrogens (tertiary/aromatic N) is 2. The number of methoxy groups -OCH3 is 1. The molecular weight excluding hydrogens is 184 g/mol. The van der Waals surface area contributed by atoms with Crippen molar-refractivity contribution in [2.75, 3.05) is 7.11 Å². The summed E-state index contributed by atoms with van der Waals surface area (Å²) in [5, 5.41) is 0. The van der Waals surface area contributed by atoms with Gasteiger partial charge >= 0.3 is 5.97 Å². The summed E-state index contributed by atoms with van der Waals surface area (Å²) in [6.07, 6.45) is 2.01. The number of hydrogen-bond donors (Lipinski definition) is 0. The molecule has 0 saturated heterocycles. The topological polar surface area (TPSA) is 61.2 Å². The first kappa shape index (κ1) is 9.99. The maximum Gasteiger partial charge on any atom is 0.374 e. The number of aldehydes is 1. The van der Waals surface area contributed by atoms with Crippen molar-refractivity contribution >= 4 is 12.3 Å². The first-order valence-electron chi connectivity index (χ1n) is 3.76. The lowest BCUT2D eigenvalue weighted by Crippen LogP contribution is -2.08. The Balaban J connectivity index is 3.04. The summed E-state index contributed by atoms with van der Waals surface area (Å²) in [5.41, 5.74) is 0.361. The third kappa shape index (κ3) is 1.98. The maximum absolute atomic E-state index is 11.1. The fourth-order valence-electron chi connectivity index (χ4n) is 0.911. The second kappa shape index (κ2) is 4.23. The Kier molecular flexibility index (Phi) is 3.02. The van der Waals surface area contributed by atoms with E-state index in [-0.39, 0.29) is 5.82 Å². The minimum absolute atomic E-state index is 0.155. The van der Waals surface area contributed by atoms with Gasteiger partial charge in [0.05, 0.1) is 7.11 Å². The van der Waals surface area contributed by atoms with E-state index < -0.39 is 5.97 Å². The molecule has 0 saturated carbocycles. The minimum atomic E-state index is -0.536. The molecule has 0 amide bonds. The van der Waals surface area contributed by atoms with Crippen molar-refractivity contribution in [3.8, 4) is 11.8 Å². The van der Waals surface area contributed by atoms with Gasteiger partial charge in [-0.3, -0.25) is 4.79 Å². The molecule has 0 N–H and O–H groups in total. The number of carbonyl (C=O) groups excluding carboxylic acids is 2. The van der Waals surface area contributed by atoms with E-state index in [1.807, 2.05) is 0 Å². The smallest absolute Gasteiger partial charge is 0.374 e. The molecule has 1 rings (SSSR count). The predicted molar refractivity (Wildman–Crippen MR) is 47.5 cm³/mol. The third-order valence-electron chi connectivity index (χ3n) is 1.50. The SMILES string of the molecule is COC(=O)c1nc(C#CC=O)cn1C. The van der Waals surface area contributed by atoms with Crippen molar-refractivity contribution in [1.82, 2.24) is 9.55 Å². The quantitative estimate of drug-likeness (QED) is 0.350. The first-order chi connectivity index (χ1) is 6.69. The van der Waals surface area contributed by atoms with E-state index in [1.165, 1.54) is 11.7 Å². The van der Waals surface area contributed by atoms with Crippen molar-refractivity contribution < 1.29 is 14.3 Å². The Morgan fingerprint density at radius 3 is 3.00 bits per heavy atom. The van der Waals surface area contributed by atoms with Gasteiger partial charge in [-0.25, -0.2) is 9.78 Å². The van der Waals surface area contributed by atoms with E-state index in [0.717, 1.165) is 0 Å². The Morgan fingerprint density at radius 2 is 2.43 bits per heavy atom. The largest absolute Gasteiger partial charge is 0.463 e. The number of aromatic nitrogens is 2. The molecule has 1 heterocycles. The summed E-state index contributed by atoms with van der Waals surface area (Å²) in [6, 6.07) is 0. The molecule has 0 radical (unpaired) electrons. The highest BCUT2D eigenvalue weighted by atomic mass is 16.5. The van der Waals surface area contributed by atoms with Crippen LogP contribution in [-0.4, -0.2) is 28.9 Å². The van der Waals surface area contributed by atoms with E-state index in [2.05, 4.69) is 21.6 Å². The van der Waals surface area contributed by atoms with Gasteiger partial charge in [0, 0.05) is 13.2 Å². The molecule has 0 aromatic carbocycles. The van der Waals surface area contributed by atoms with E-state index in [4.69, 9.17) is 0 Å². The molecule has 0 atom stereocenters. The van der Waals surface area contributed by atoms with Gasteiger partial charge in [-0.15, -0.1) is 0 Å². The third-order valence-corrected chi connectivity index (χ3v) is 1.50. The van der Waals surface area contributed by atoms with Crippen LogP contribution in [0.2, 0.25) is 0 Å². The Hall–Kier alpha value is -2.09. The summed E-state index contributed by atoms with van der Waals surface area (Å²) in [5.74, 6) is 4.30. The number of hydrogen-bond acceptors (Lipinski definition) is 4. The molecule has 0 aliphatic carbocycles. The van der Waals surface area contributed by atoms with Crippen LogP contribution in [0.25, 0.3) is 0 Å². The monoisotopic (exact) mass is 192 g/mol. The lowest BCUT2D eigenvalue weighted by atomic mass is 10.5. The van der Waals surface area contributed by atoms with Crippen LogP contribution in [-0.2, 0) is 16.6 Å². The molecule has 5 heteroatoms. The molecule has 1 aromatic rings. The second-order valence-corrected chi connectivity index (χ2v) is 2.44. The van der Waals surface area contributed by atoms with E-state index in [9.17, 15) is 9.59 Å². The van der Waals surface area contributed by atoms with Gasteiger partial charge in [0.1, 0.15) is 5.69 Å². The zero-order valence-corrected chi connectivity index (χ0v) is 7.77. The molecule has 5 nitrogen and oxygen atoms in total. The number of esters is 1. The van der Waals surface area contributed by atoms with Crippen molar-refractivity contribution in [3.05, 3.63) is 17.7 Å². The lowest BCUT2D eigenvalue weighted by Gasteiger charge is -1.96. The van der Waals surface area contributed by atoms with Crippen LogP contribution < -0.4 is 0 Å². The van der Waals surface area contributed by atoms with Crippen LogP contribution in [0.3, 0.4) is 0 Å². The first-order valence-corrected chi connectivity index (χ1v) is 3.76. The predicted octanol–water partition coefficient (Wildman–Crippen LogP) is -0.243. The minimum Gasteiger partial charge on any atom is -0.463 e. The summed E-state index contributed by atoms with van der Waals surface area (Å²) >= 11 is 0. The highest BCUT2D eigenvalue weighted by Gasteiger charge is 2.12. The van der Waals surface area contributed by atoms with Crippen LogP contribution in [0, 0.1) is 11.8 Å². The van der Waals surface area contributed by atoms with Crippen LogP contribution in [0.5, 0.6) is 0 Å². The molecule has 0 bridgehead atoms. The molecule has 14 heavy (non-hydrogen) atoms. The van der Waals surface area contributed by atoms with Crippen LogP contribution in [0.1, 0.15) is 16.3 Å². The van der Waals surface area contributed by atoms with Crippen LogP contribution in [0.4, 0.5) is 0 Å². The van der Waals surface area contributed by atoms with Crippen LogP contribution >= 0.6 is 0 Å². The van der Waals surface area contributed by atoms with Crippen molar-refractivity contribution in [2.45, 2.75) is 0 Å². The summed E-state index contributed by atoms with van der Waals surface area (Å²) in [4.78, 5) is 24.9. The lowest BCUT2D eigenvalue weighted by molar-refractivity contribution is -0.103. The molecule has 0 aliphatic rings. The summed E-state index contributed by atoms with van der Waals surface area (Å²) < 4.78 is 5.98. The Morgan fingerprint density at radius 1 is 1.71 bits per heavy atom. The average Bonchev–Trinajstić information content (AvgIpc) is 2.55. The van der Waals surface area contributed by atoms with Gasteiger partial charge in [-0.1, -0.05) is 0 Å². The fourth-order valence-corrected chi connectivity index (χ4v) is 0.911. The highest BCUT2D eigenvalue weighted by Crippen LogP contribution is 2.01. The maximum atomic E-state index is 11.1. The zero-order valence-electron chi connectivity index (χ0n) is 7.77.